The van der Waals surface area contributed by atoms with E-state index in [1.165, 1.54) is 12.3 Å². The smallest absolute Gasteiger partial charge is 0.358 e. The third-order valence-electron chi connectivity index (χ3n) is 1.31. The Morgan fingerprint density at radius 3 is 2.64 bits per heavy atom. The molecule has 0 aliphatic carbocycles. The van der Waals surface area contributed by atoms with E-state index in [9.17, 15) is 4.57 Å². The van der Waals surface area contributed by atoms with Gasteiger partial charge in [0, 0.05) is 0 Å². The molecule has 1 unspecified atom stereocenters. The Bertz CT molecular complexity index is 355. The number of pyridine rings is 1. The van der Waals surface area contributed by atoms with E-state index in [0.717, 1.165) is 0 Å². The van der Waals surface area contributed by atoms with E-state index in [4.69, 9.17) is 21.4 Å². The highest BCUT2D eigenvalue weighted by atomic mass is 79.9. The second-order valence-electron chi connectivity index (χ2n) is 2.44. The maximum Gasteiger partial charge on any atom is 0.358 e. The quantitative estimate of drug-likeness (QED) is 0.344. The van der Waals surface area contributed by atoms with Gasteiger partial charge in [-0.3, -0.25) is 4.57 Å². The Kier molecular flexibility index (Phi) is 3.92. The van der Waals surface area contributed by atoms with Crippen LogP contribution in [-0.4, -0.2) is 19.5 Å². The lowest BCUT2D eigenvalue weighted by molar-refractivity contribution is 0.373. The molecule has 3 N–H and O–H groups in total. The lowest BCUT2D eigenvalue weighted by Gasteiger charge is -2.14. The third kappa shape index (κ3) is 3.55. The summed E-state index contributed by atoms with van der Waals surface area (Å²) in [6, 6.07) is 3.09. The van der Waals surface area contributed by atoms with E-state index < -0.39 is 12.3 Å². The average molecular weight is 301 g/mol. The lowest BCUT2D eigenvalue weighted by Crippen LogP contribution is -2.11. The van der Waals surface area contributed by atoms with E-state index in [1.807, 2.05) is 0 Å². The summed E-state index contributed by atoms with van der Waals surface area (Å²) in [7, 11) is -4.19. The zero-order valence-corrected chi connectivity index (χ0v) is 10.00. The monoisotopic (exact) mass is 300 g/mol. The van der Waals surface area contributed by atoms with Crippen LogP contribution in [0.2, 0.25) is 5.15 Å². The van der Waals surface area contributed by atoms with Gasteiger partial charge in [0.2, 0.25) is 0 Å². The lowest BCUT2D eigenvalue weighted by atomic mass is 10.4. The first-order valence-electron chi connectivity index (χ1n) is 3.47. The highest BCUT2D eigenvalue weighted by Crippen LogP contribution is 2.44. The van der Waals surface area contributed by atoms with Crippen molar-refractivity contribution >= 4 is 40.8 Å². The molecule has 0 bridgehead atoms. The minimum atomic E-state index is -4.19. The fourth-order valence-corrected chi connectivity index (χ4v) is 1.38. The fraction of sp³-hybridized carbons (Fsp3) is 0.167. The normalized spacial score (nSPS) is 13.7. The Hall–Kier alpha value is -0.130. The summed E-state index contributed by atoms with van der Waals surface area (Å²) in [5.41, 5.74) is 0.472. The molecule has 78 valence electrons. The Balaban J connectivity index is 2.70. The van der Waals surface area contributed by atoms with Crippen LogP contribution in [-0.2, 0) is 4.57 Å². The molecule has 0 saturated carbocycles. The first-order valence-corrected chi connectivity index (χ1v) is 6.44. The van der Waals surface area contributed by atoms with E-state index in [-0.39, 0.29) is 0 Å². The van der Waals surface area contributed by atoms with Crippen molar-refractivity contribution < 1.29 is 14.4 Å². The van der Waals surface area contributed by atoms with E-state index in [2.05, 4.69) is 26.2 Å². The Morgan fingerprint density at radius 1 is 1.57 bits per heavy atom. The van der Waals surface area contributed by atoms with E-state index >= 15 is 0 Å². The molecule has 1 heterocycles. The summed E-state index contributed by atoms with van der Waals surface area (Å²) in [4.78, 5) is 21.3. The summed E-state index contributed by atoms with van der Waals surface area (Å²) >= 11 is 8.35. The standard InChI is InChI=1S/C6H7BrClN2O3P/c7-6(14(11,12)13)10-4-1-2-5(8)9-3-4/h1-3,6,10H,(H2,11,12,13). The summed E-state index contributed by atoms with van der Waals surface area (Å²) in [5, 5.41) is 2.86. The van der Waals surface area contributed by atoms with Gasteiger partial charge in [-0.1, -0.05) is 27.5 Å². The Morgan fingerprint density at radius 2 is 2.21 bits per heavy atom. The van der Waals surface area contributed by atoms with Gasteiger partial charge in [0.05, 0.1) is 11.9 Å². The number of hydrogen-bond donors (Lipinski definition) is 3. The van der Waals surface area contributed by atoms with Crippen molar-refractivity contribution in [3.63, 3.8) is 0 Å². The minimum Gasteiger partial charge on any atom is -0.362 e. The van der Waals surface area contributed by atoms with Gasteiger partial charge in [-0.05, 0) is 12.1 Å². The maximum atomic E-state index is 10.7. The molecule has 0 aliphatic heterocycles. The zero-order chi connectivity index (χ0) is 10.8. The van der Waals surface area contributed by atoms with Crippen molar-refractivity contribution in [2.75, 3.05) is 5.32 Å². The molecule has 0 amide bonds. The van der Waals surface area contributed by atoms with Crippen LogP contribution in [0.3, 0.4) is 0 Å². The van der Waals surface area contributed by atoms with Crippen LogP contribution in [0.25, 0.3) is 0 Å². The molecule has 0 fully saturated rings. The molecule has 1 atom stereocenters. The number of rotatable bonds is 3. The number of nitrogens with one attached hydrogen (secondary N) is 1. The molecule has 0 aromatic carbocycles. The molecular formula is C6H7BrClN2O3P. The fourth-order valence-electron chi connectivity index (χ4n) is 0.683. The molecule has 1 aromatic heterocycles. The van der Waals surface area contributed by atoms with Crippen LogP contribution in [0.4, 0.5) is 5.69 Å². The van der Waals surface area contributed by atoms with E-state index in [1.54, 1.807) is 6.07 Å². The van der Waals surface area contributed by atoms with Gasteiger partial charge in [0.25, 0.3) is 0 Å². The number of nitrogens with zero attached hydrogens (tertiary/aromatic N) is 1. The summed E-state index contributed by atoms with van der Waals surface area (Å²) in [5.74, 6) is 0. The van der Waals surface area contributed by atoms with Crippen molar-refractivity contribution in [3.05, 3.63) is 23.5 Å². The molecular weight excluding hydrogens is 294 g/mol. The minimum absolute atomic E-state index is 0.317. The Labute approximate surface area is 93.8 Å². The highest BCUT2D eigenvalue weighted by molar-refractivity contribution is 9.10. The van der Waals surface area contributed by atoms with E-state index in [0.29, 0.717) is 10.8 Å². The summed E-state index contributed by atoms with van der Waals surface area (Å²) in [6.07, 6.45) is 1.38. The molecule has 14 heavy (non-hydrogen) atoms. The molecule has 1 rings (SSSR count). The molecule has 0 aliphatic rings. The SMILES string of the molecule is O=P(O)(O)C(Br)Nc1ccc(Cl)nc1. The van der Waals surface area contributed by atoms with Crippen LogP contribution >= 0.6 is 35.1 Å². The van der Waals surface area contributed by atoms with Crippen molar-refractivity contribution in [2.45, 2.75) is 4.69 Å². The largest absolute Gasteiger partial charge is 0.362 e. The maximum absolute atomic E-state index is 10.7. The first kappa shape index (κ1) is 11.9. The van der Waals surface area contributed by atoms with Gasteiger partial charge in [-0.15, -0.1) is 0 Å². The number of halogens is 2. The van der Waals surface area contributed by atoms with Gasteiger partial charge >= 0.3 is 7.60 Å². The van der Waals surface area contributed by atoms with Crippen molar-refractivity contribution in [2.24, 2.45) is 0 Å². The highest BCUT2D eigenvalue weighted by Gasteiger charge is 2.25. The summed E-state index contributed by atoms with van der Waals surface area (Å²) < 4.78 is 9.61. The van der Waals surface area contributed by atoms with Crippen LogP contribution in [0.15, 0.2) is 18.3 Å². The molecule has 0 saturated heterocycles. The van der Waals surface area contributed by atoms with Gasteiger partial charge in [0.15, 0.2) is 4.69 Å². The molecule has 8 heteroatoms. The van der Waals surface area contributed by atoms with Crippen molar-refractivity contribution in [3.8, 4) is 0 Å². The number of anilines is 1. The predicted molar refractivity (Wildman–Crippen MR) is 57.6 cm³/mol. The van der Waals surface area contributed by atoms with Crippen LogP contribution in [0.1, 0.15) is 0 Å². The first-order chi connectivity index (χ1) is 6.39. The summed E-state index contributed by atoms with van der Waals surface area (Å²) in [6.45, 7) is 0. The van der Waals surface area contributed by atoms with Gasteiger partial charge in [-0.2, -0.15) is 0 Å². The van der Waals surface area contributed by atoms with Crippen LogP contribution in [0.5, 0.6) is 0 Å². The third-order valence-corrected chi connectivity index (χ3v) is 4.08. The van der Waals surface area contributed by atoms with Crippen molar-refractivity contribution in [1.29, 1.82) is 0 Å². The van der Waals surface area contributed by atoms with Crippen LogP contribution < -0.4 is 5.32 Å². The zero-order valence-electron chi connectivity index (χ0n) is 6.76. The van der Waals surface area contributed by atoms with Gasteiger partial charge < -0.3 is 15.1 Å². The molecule has 0 spiro atoms. The predicted octanol–water partition coefficient (Wildman–Crippen LogP) is 2.00. The topological polar surface area (TPSA) is 82.5 Å². The number of hydrogen-bond acceptors (Lipinski definition) is 3. The molecule has 0 radical (unpaired) electrons. The number of alkyl halides is 1. The molecule has 5 nitrogen and oxygen atoms in total. The second kappa shape index (κ2) is 4.59. The van der Waals surface area contributed by atoms with Gasteiger partial charge in [0.1, 0.15) is 5.15 Å². The average Bonchev–Trinajstić information content (AvgIpc) is 2.07. The second-order valence-corrected chi connectivity index (χ2v) is 6.14. The van der Waals surface area contributed by atoms with Gasteiger partial charge in [-0.25, -0.2) is 4.98 Å². The van der Waals surface area contributed by atoms with Crippen LogP contribution in [0, 0.1) is 0 Å². The number of aromatic nitrogens is 1. The molecule has 1 aromatic rings. The van der Waals surface area contributed by atoms with Crippen molar-refractivity contribution in [1.82, 2.24) is 4.98 Å².